The number of allylic oxidation sites excluding steroid dienone is 6. The van der Waals surface area contributed by atoms with Gasteiger partial charge in [-0.25, -0.2) is 13.8 Å². The van der Waals surface area contributed by atoms with Gasteiger partial charge in [0.25, 0.3) is 11.8 Å². The fraction of sp³-hybridized carbons (Fsp3) is 0.500. The molecule has 7 heteroatoms. The lowest BCUT2D eigenvalue weighted by Gasteiger charge is -2.36. The second kappa shape index (κ2) is 18.6. The Hall–Kier alpha value is -3.74. The number of amides is 1. The summed E-state index contributed by atoms with van der Waals surface area (Å²) in [6.07, 6.45) is 14.7. The minimum Gasteiger partial charge on any atom is -0.382 e. The van der Waals surface area contributed by atoms with Crippen molar-refractivity contribution in [3.8, 4) is 0 Å². The molecule has 5 nitrogen and oxygen atoms in total. The van der Waals surface area contributed by atoms with Gasteiger partial charge >= 0.3 is 0 Å². The first-order valence-electron chi connectivity index (χ1n) is 17.2. The fourth-order valence-electron chi connectivity index (χ4n) is 5.55. The van der Waals surface area contributed by atoms with E-state index < -0.39 is 11.8 Å². The zero-order valence-corrected chi connectivity index (χ0v) is 30.0. The third-order valence-corrected chi connectivity index (χ3v) is 8.85. The van der Waals surface area contributed by atoms with E-state index >= 15 is 0 Å². The number of hydrogen-bond acceptors (Lipinski definition) is 4. The van der Waals surface area contributed by atoms with Gasteiger partial charge in [0.15, 0.2) is 0 Å². The zero-order chi connectivity index (χ0) is 35.3. The number of nitrogens with zero attached hydrogens (tertiary/aromatic N) is 2. The second-order valence-electron chi connectivity index (χ2n) is 13.4. The monoisotopic (exact) mass is 648 g/mol. The first-order valence-corrected chi connectivity index (χ1v) is 17.2. The number of halogens is 2. The molecule has 2 rings (SSSR count). The second-order valence-corrected chi connectivity index (χ2v) is 13.4. The van der Waals surface area contributed by atoms with Crippen LogP contribution in [0.15, 0.2) is 95.7 Å². The predicted octanol–water partition coefficient (Wildman–Crippen LogP) is 10.8. The number of aliphatic imine (C=N–C) groups is 1. The van der Waals surface area contributed by atoms with Crippen LogP contribution in [0.3, 0.4) is 0 Å². The first kappa shape index (κ1) is 39.4. The fourth-order valence-corrected chi connectivity index (χ4v) is 5.55. The lowest BCUT2D eigenvalue weighted by atomic mass is 9.85. The topological polar surface area (TPSA) is 70.7 Å². The van der Waals surface area contributed by atoms with Crippen LogP contribution in [0.25, 0.3) is 5.57 Å². The van der Waals surface area contributed by atoms with E-state index in [2.05, 4.69) is 69.9 Å². The summed E-state index contributed by atoms with van der Waals surface area (Å²) in [6, 6.07) is 7.29. The van der Waals surface area contributed by atoms with Gasteiger partial charge < -0.3 is 16.0 Å². The van der Waals surface area contributed by atoms with Crippen LogP contribution in [-0.4, -0.2) is 22.6 Å². The molecule has 0 aromatic heterocycles. The standard InChI is InChI=1S/C40H58F2N4O/c1-11-14-15-16-35(40(10,41)42)26-30(8)45-39(47)33-21-19-32(20-22-33)36(29(7)13-3)37-38(43)44-23-24-46(37)31(9)34(18-17-27(4)5)25-28(6)12-2/h15-16,19-24,26-29,34H,8-9,11-14,17-18,25H2,1-7,10H3,(H2,43,44)(H,45,47)/b16-15-,35-26+,37-36+. The molecule has 0 spiro atoms. The average Bonchev–Trinajstić information content (AvgIpc) is 3.02. The van der Waals surface area contributed by atoms with Crippen LogP contribution in [0.4, 0.5) is 8.78 Å². The van der Waals surface area contributed by atoms with Crippen molar-refractivity contribution in [3.63, 3.8) is 0 Å². The van der Waals surface area contributed by atoms with Crippen LogP contribution in [0.5, 0.6) is 0 Å². The number of amidine groups is 1. The number of hydrogen-bond donors (Lipinski definition) is 2. The summed E-state index contributed by atoms with van der Waals surface area (Å²) in [5, 5.41) is 2.66. The summed E-state index contributed by atoms with van der Waals surface area (Å²) >= 11 is 0. The van der Waals surface area contributed by atoms with E-state index in [1.807, 2.05) is 25.3 Å². The third kappa shape index (κ3) is 11.8. The van der Waals surface area contributed by atoms with Crippen molar-refractivity contribution in [2.45, 2.75) is 106 Å². The average molecular weight is 649 g/mol. The molecule has 0 saturated heterocycles. The van der Waals surface area contributed by atoms with E-state index in [9.17, 15) is 13.6 Å². The summed E-state index contributed by atoms with van der Waals surface area (Å²) in [5.74, 6) is -1.49. The molecule has 1 aliphatic rings. The number of benzene rings is 1. The molecule has 0 saturated carbocycles. The minimum absolute atomic E-state index is 0.0932. The molecule has 1 heterocycles. The van der Waals surface area contributed by atoms with Crippen molar-refractivity contribution in [2.75, 3.05) is 0 Å². The highest BCUT2D eigenvalue weighted by atomic mass is 19.3. The van der Waals surface area contributed by atoms with E-state index in [1.54, 1.807) is 24.4 Å². The number of nitrogens with two attached hydrogens (primary N) is 1. The highest BCUT2D eigenvalue weighted by molar-refractivity contribution is 6.05. The van der Waals surface area contributed by atoms with Gasteiger partial charge in [0.2, 0.25) is 0 Å². The predicted molar refractivity (Wildman–Crippen MR) is 196 cm³/mol. The van der Waals surface area contributed by atoms with Crippen molar-refractivity contribution in [3.05, 3.63) is 102 Å². The Kier molecular flexibility index (Phi) is 15.6. The maximum absolute atomic E-state index is 14.2. The Morgan fingerprint density at radius 3 is 2.23 bits per heavy atom. The quantitative estimate of drug-likeness (QED) is 0.156. The van der Waals surface area contributed by atoms with Gasteiger partial charge in [-0.3, -0.25) is 4.79 Å². The Morgan fingerprint density at radius 2 is 1.68 bits per heavy atom. The van der Waals surface area contributed by atoms with E-state index in [1.165, 1.54) is 12.2 Å². The number of alkyl halides is 2. The van der Waals surface area contributed by atoms with Crippen molar-refractivity contribution < 1.29 is 13.6 Å². The van der Waals surface area contributed by atoms with Crippen molar-refractivity contribution in [1.29, 1.82) is 0 Å². The summed E-state index contributed by atoms with van der Waals surface area (Å²) < 4.78 is 28.4. The molecular weight excluding hydrogens is 590 g/mol. The van der Waals surface area contributed by atoms with Gasteiger partial charge in [-0.05, 0) is 78.7 Å². The molecule has 0 fully saturated rings. The molecule has 3 atom stereocenters. The van der Waals surface area contributed by atoms with Crippen LogP contribution in [-0.2, 0) is 0 Å². The maximum Gasteiger partial charge on any atom is 0.270 e. The highest BCUT2D eigenvalue weighted by Gasteiger charge is 2.29. The van der Waals surface area contributed by atoms with Crippen molar-refractivity contribution in [1.82, 2.24) is 10.2 Å². The molecule has 258 valence electrons. The van der Waals surface area contributed by atoms with Gasteiger partial charge in [0, 0.05) is 41.9 Å². The number of nitrogens with one attached hydrogen (secondary N) is 1. The van der Waals surface area contributed by atoms with E-state index in [4.69, 9.17) is 5.73 Å². The number of rotatable bonds is 18. The van der Waals surface area contributed by atoms with E-state index in [-0.39, 0.29) is 17.2 Å². The molecule has 47 heavy (non-hydrogen) atoms. The van der Waals surface area contributed by atoms with Gasteiger partial charge in [-0.2, -0.15) is 0 Å². The maximum atomic E-state index is 14.2. The minimum atomic E-state index is -3.07. The van der Waals surface area contributed by atoms with Crippen LogP contribution in [0, 0.1) is 23.7 Å². The molecule has 1 aromatic rings. The Labute approximate surface area is 283 Å². The summed E-state index contributed by atoms with van der Waals surface area (Å²) in [6.45, 7) is 24.6. The van der Waals surface area contributed by atoms with Gasteiger partial charge in [-0.15, -0.1) is 0 Å². The molecule has 0 aliphatic carbocycles. The number of carbonyl (C=O) groups is 1. The Bertz CT molecular complexity index is 1380. The lowest BCUT2D eigenvalue weighted by molar-refractivity contribution is 0.0672. The molecular formula is C40H58F2N4O. The molecule has 1 amide bonds. The largest absolute Gasteiger partial charge is 0.382 e. The summed E-state index contributed by atoms with van der Waals surface area (Å²) in [5.41, 5.74) is 10.7. The molecule has 3 N–H and O–H groups in total. The normalized spacial score (nSPS) is 17.0. The molecule has 1 aliphatic heterocycles. The molecule has 0 bridgehead atoms. The lowest BCUT2D eigenvalue weighted by Crippen LogP contribution is -2.34. The van der Waals surface area contributed by atoms with Crippen LogP contribution in [0.1, 0.15) is 116 Å². The van der Waals surface area contributed by atoms with Gasteiger partial charge in [-0.1, -0.05) is 105 Å². The van der Waals surface area contributed by atoms with Crippen LogP contribution >= 0.6 is 0 Å². The van der Waals surface area contributed by atoms with E-state index in [0.29, 0.717) is 35.6 Å². The van der Waals surface area contributed by atoms with Crippen LogP contribution in [0.2, 0.25) is 0 Å². The van der Waals surface area contributed by atoms with Crippen LogP contribution < -0.4 is 11.1 Å². The summed E-state index contributed by atoms with van der Waals surface area (Å²) in [7, 11) is 0. The Morgan fingerprint density at radius 1 is 1.04 bits per heavy atom. The molecule has 1 aromatic carbocycles. The highest BCUT2D eigenvalue weighted by Crippen LogP contribution is 2.38. The zero-order valence-electron chi connectivity index (χ0n) is 30.0. The summed E-state index contributed by atoms with van der Waals surface area (Å²) in [4.78, 5) is 19.7. The third-order valence-electron chi connectivity index (χ3n) is 8.85. The molecule has 3 unspecified atom stereocenters. The Balaban J connectivity index is 2.48. The van der Waals surface area contributed by atoms with Crippen molar-refractivity contribution >= 4 is 17.3 Å². The van der Waals surface area contributed by atoms with E-state index in [0.717, 1.165) is 68.0 Å². The van der Waals surface area contributed by atoms with Gasteiger partial charge in [0.1, 0.15) is 5.84 Å². The smallest absolute Gasteiger partial charge is 0.270 e. The first-order chi connectivity index (χ1) is 22.1. The van der Waals surface area contributed by atoms with Crippen molar-refractivity contribution in [2.24, 2.45) is 34.4 Å². The SMILES string of the molecule is C=C(/C=C(\C=C/CCC)C(C)(F)F)NC(=O)c1ccc(/C(=C2\C(N)=NC=CN2C(=C)C(CCC(C)C)CC(C)CC)C(C)CC)cc1. The number of carbonyl (C=O) groups excluding carboxylic acids is 1. The number of unbranched alkanes of at least 4 members (excludes halogenated alkanes) is 1. The molecule has 0 radical (unpaired) electrons. The van der Waals surface area contributed by atoms with Gasteiger partial charge in [0.05, 0.1) is 5.70 Å².